The van der Waals surface area contributed by atoms with Gasteiger partial charge in [0.05, 0.1) is 22.1 Å². The number of para-hydroxylation sites is 3. The molecule has 0 spiro atoms. The Morgan fingerprint density at radius 1 is 0.394 bits per heavy atom. The monoisotopic (exact) mass is 420 g/mol. The van der Waals surface area contributed by atoms with Crippen LogP contribution in [0.5, 0.6) is 0 Å². The SMILES string of the molecule is Bc1ccc2c3ccccc3n(-c3ccc4c(c3)c3ccccc3n4-c3ccccc3)c2c1. The van der Waals surface area contributed by atoms with E-state index in [0.29, 0.717) is 0 Å². The zero-order valence-corrected chi connectivity index (χ0v) is 18.4. The third-order valence-corrected chi connectivity index (χ3v) is 6.76. The Labute approximate surface area is 192 Å². The molecule has 0 aliphatic rings. The van der Waals surface area contributed by atoms with Crippen molar-refractivity contribution in [3.63, 3.8) is 0 Å². The lowest BCUT2D eigenvalue weighted by atomic mass is 9.95. The van der Waals surface area contributed by atoms with Crippen LogP contribution in [0.25, 0.3) is 55.0 Å². The van der Waals surface area contributed by atoms with Gasteiger partial charge in [0.25, 0.3) is 0 Å². The van der Waals surface area contributed by atoms with Crippen molar-refractivity contribution in [3.05, 3.63) is 115 Å². The summed E-state index contributed by atoms with van der Waals surface area (Å²) in [6.07, 6.45) is 0. The smallest absolute Gasteiger partial charge is 0.139 e. The second-order valence-electron chi connectivity index (χ2n) is 8.76. The Hall–Kier alpha value is -4.24. The van der Waals surface area contributed by atoms with Crippen LogP contribution in [0.4, 0.5) is 0 Å². The van der Waals surface area contributed by atoms with Crippen molar-refractivity contribution in [2.45, 2.75) is 0 Å². The normalized spacial score (nSPS) is 11.8. The average molecular weight is 420 g/mol. The average Bonchev–Trinajstić information content (AvgIpc) is 3.36. The van der Waals surface area contributed by atoms with E-state index in [9.17, 15) is 0 Å². The maximum atomic E-state index is 2.41. The first-order valence-corrected chi connectivity index (χ1v) is 11.4. The summed E-state index contributed by atoms with van der Waals surface area (Å²) < 4.78 is 4.77. The van der Waals surface area contributed by atoms with Gasteiger partial charge in [0.1, 0.15) is 7.85 Å². The first kappa shape index (κ1) is 18.3. The number of fused-ring (bicyclic) bond motifs is 6. The number of nitrogens with zero attached hydrogens (tertiary/aromatic N) is 2. The van der Waals surface area contributed by atoms with E-state index in [0.717, 1.165) is 0 Å². The molecule has 3 heteroatoms. The van der Waals surface area contributed by atoms with Crippen LogP contribution in [0, 0.1) is 0 Å². The Bertz CT molecular complexity index is 1820. The fraction of sp³-hybridized carbons (Fsp3) is 0. The van der Waals surface area contributed by atoms with E-state index in [1.54, 1.807) is 0 Å². The molecule has 5 aromatic carbocycles. The van der Waals surface area contributed by atoms with Crippen molar-refractivity contribution < 1.29 is 0 Å². The van der Waals surface area contributed by atoms with Crippen LogP contribution >= 0.6 is 0 Å². The number of hydrogen-bond acceptors (Lipinski definition) is 0. The molecule has 0 saturated carbocycles. The lowest BCUT2D eigenvalue weighted by Crippen LogP contribution is -2.02. The highest BCUT2D eigenvalue weighted by molar-refractivity contribution is 6.33. The molecule has 154 valence electrons. The Balaban J connectivity index is 1.59. The van der Waals surface area contributed by atoms with E-state index in [-0.39, 0.29) is 0 Å². The van der Waals surface area contributed by atoms with Gasteiger partial charge in [0, 0.05) is 32.9 Å². The highest BCUT2D eigenvalue weighted by atomic mass is 15.0. The zero-order chi connectivity index (χ0) is 21.9. The van der Waals surface area contributed by atoms with Crippen LogP contribution in [-0.4, -0.2) is 17.0 Å². The van der Waals surface area contributed by atoms with Gasteiger partial charge in [-0.05, 0) is 48.5 Å². The van der Waals surface area contributed by atoms with Crippen LogP contribution in [0.1, 0.15) is 0 Å². The number of aromatic nitrogens is 2. The highest BCUT2D eigenvalue weighted by Crippen LogP contribution is 2.36. The molecule has 0 amide bonds. The number of rotatable bonds is 2. The predicted octanol–water partition coefficient (Wildman–Crippen LogP) is 6.14. The van der Waals surface area contributed by atoms with Crippen molar-refractivity contribution in [2.24, 2.45) is 0 Å². The topological polar surface area (TPSA) is 9.86 Å². The van der Waals surface area contributed by atoms with Gasteiger partial charge < -0.3 is 9.13 Å². The molecule has 0 fully saturated rings. The quantitative estimate of drug-likeness (QED) is 0.298. The van der Waals surface area contributed by atoms with Crippen molar-refractivity contribution in [1.29, 1.82) is 0 Å². The third-order valence-electron chi connectivity index (χ3n) is 6.76. The van der Waals surface area contributed by atoms with Gasteiger partial charge in [0.15, 0.2) is 0 Å². The molecule has 2 heterocycles. The molecule has 2 aromatic heterocycles. The van der Waals surface area contributed by atoms with E-state index in [4.69, 9.17) is 0 Å². The predicted molar refractivity (Wildman–Crippen MR) is 143 cm³/mol. The molecule has 0 saturated heterocycles. The van der Waals surface area contributed by atoms with Crippen molar-refractivity contribution in [1.82, 2.24) is 9.13 Å². The minimum absolute atomic E-state index is 1.18. The van der Waals surface area contributed by atoms with E-state index >= 15 is 0 Å². The molecule has 33 heavy (non-hydrogen) atoms. The van der Waals surface area contributed by atoms with Crippen LogP contribution < -0.4 is 5.46 Å². The van der Waals surface area contributed by atoms with Gasteiger partial charge >= 0.3 is 0 Å². The van der Waals surface area contributed by atoms with Crippen molar-refractivity contribution in [3.8, 4) is 11.4 Å². The van der Waals surface area contributed by atoms with Gasteiger partial charge in [-0.15, -0.1) is 0 Å². The summed E-state index contributed by atoms with van der Waals surface area (Å²) >= 11 is 0. The van der Waals surface area contributed by atoms with Crippen LogP contribution in [0.15, 0.2) is 115 Å². The second kappa shape index (κ2) is 6.88. The fourth-order valence-electron chi connectivity index (χ4n) is 5.31. The summed E-state index contributed by atoms with van der Waals surface area (Å²) in [6.45, 7) is 0. The Morgan fingerprint density at radius 2 is 0.970 bits per heavy atom. The summed E-state index contributed by atoms with van der Waals surface area (Å²) in [5.74, 6) is 0. The molecular weight excluding hydrogens is 399 g/mol. The molecule has 0 atom stereocenters. The molecule has 0 unspecified atom stereocenters. The minimum atomic E-state index is 1.18. The molecule has 0 aliphatic heterocycles. The summed E-state index contributed by atoms with van der Waals surface area (Å²) in [5.41, 5.74) is 8.59. The maximum absolute atomic E-state index is 2.41. The van der Waals surface area contributed by atoms with E-state index in [1.807, 2.05) is 0 Å². The van der Waals surface area contributed by atoms with Crippen LogP contribution in [-0.2, 0) is 0 Å². The summed E-state index contributed by atoms with van der Waals surface area (Å²) in [4.78, 5) is 0. The molecule has 0 aliphatic carbocycles. The van der Waals surface area contributed by atoms with Gasteiger partial charge in [-0.3, -0.25) is 0 Å². The van der Waals surface area contributed by atoms with Gasteiger partial charge in [-0.1, -0.05) is 72.2 Å². The van der Waals surface area contributed by atoms with E-state index in [1.165, 1.54) is 60.4 Å². The molecule has 2 nitrogen and oxygen atoms in total. The van der Waals surface area contributed by atoms with Gasteiger partial charge in [0.2, 0.25) is 0 Å². The molecule has 0 radical (unpaired) electrons. The standard InChI is InChI=1S/C30H21BN2/c31-20-14-16-25-23-10-4-6-12-27(23)33(30(25)18-20)22-15-17-29-26(19-22)24-11-5-7-13-28(24)32(29)21-8-2-1-3-9-21/h1-19H,31H2. The highest BCUT2D eigenvalue weighted by Gasteiger charge is 2.16. The lowest BCUT2D eigenvalue weighted by molar-refractivity contribution is 1.17. The Kier molecular flexibility index (Phi) is 3.83. The number of hydrogen-bond donors (Lipinski definition) is 0. The molecular formula is C30H21BN2. The molecule has 7 aromatic rings. The van der Waals surface area contributed by atoms with Gasteiger partial charge in [-0.2, -0.15) is 0 Å². The van der Waals surface area contributed by atoms with Crippen LogP contribution in [0.3, 0.4) is 0 Å². The maximum Gasteiger partial charge on any atom is 0.139 e. The van der Waals surface area contributed by atoms with Crippen LogP contribution in [0.2, 0.25) is 0 Å². The Morgan fingerprint density at radius 3 is 1.73 bits per heavy atom. The molecule has 7 rings (SSSR count). The van der Waals surface area contributed by atoms with Crippen molar-refractivity contribution in [2.75, 3.05) is 0 Å². The first-order valence-electron chi connectivity index (χ1n) is 11.4. The zero-order valence-electron chi connectivity index (χ0n) is 18.4. The number of benzene rings is 5. The molecule has 0 N–H and O–H groups in total. The second-order valence-corrected chi connectivity index (χ2v) is 8.76. The summed E-state index contributed by atoms with van der Waals surface area (Å²) in [5, 5.41) is 5.13. The summed E-state index contributed by atoms with van der Waals surface area (Å²) in [6, 6.07) is 41.7. The van der Waals surface area contributed by atoms with E-state index < -0.39 is 0 Å². The van der Waals surface area contributed by atoms with E-state index in [2.05, 4.69) is 132 Å². The fourth-order valence-corrected chi connectivity index (χ4v) is 5.31. The first-order chi connectivity index (χ1) is 16.3. The van der Waals surface area contributed by atoms with Crippen molar-refractivity contribution >= 4 is 56.9 Å². The summed E-state index contributed by atoms with van der Waals surface area (Å²) in [7, 11) is 2.16. The third kappa shape index (κ3) is 2.63. The van der Waals surface area contributed by atoms with Gasteiger partial charge in [-0.25, -0.2) is 0 Å². The molecule has 0 bridgehead atoms. The lowest BCUT2D eigenvalue weighted by Gasteiger charge is -2.10. The largest absolute Gasteiger partial charge is 0.309 e. The minimum Gasteiger partial charge on any atom is -0.309 e.